The van der Waals surface area contributed by atoms with E-state index in [4.69, 9.17) is 10.6 Å². The summed E-state index contributed by atoms with van der Waals surface area (Å²) in [6.07, 6.45) is 0. The number of anilines is 1. The molecular formula is C24H29FN6O2S. The number of hydrogen-bond acceptors (Lipinski definition) is 7. The largest absolute Gasteiger partial charge is 0.486 e. The zero-order valence-corrected chi connectivity index (χ0v) is 20.2. The SMILES string of the molecule is CC(C)c1ccc(OCc2nnc(SCC(=O)N3CCN(c4ccc(F)cc4)CC3)n2N)cc1. The Morgan fingerprint density at radius 1 is 1.06 bits per heavy atom. The van der Waals surface area contributed by atoms with Gasteiger partial charge in [-0.05, 0) is 47.9 Å². The first-order chi connectivity index (χ1) is 16.4. The first-order valence-corrected chi connectivity index (χ1v) is 12.2. The number of ether oxygens (including phenoxy) is 1. The molecule has 1 aromatic heterocycles. The van der Waals surface area contributed by atoms with E-state index in [2.05, 4.69) is 28.9 Å². The number of aromatic nitrogens is 3. The minimum atomic E-state index is -0.252. The lowest BCUT2D eigenvalue weighted by Gasteiger charge is -2.36. The number of piperazine rings is 1. The molecule has 1 saturated heterocycles. The highest BCUT2D eigenvalue weighted by molar-refractivity contribution is 7.99. The maximum Gasteiger partial charge on any atom is 0.233 e. The predicted molar refractivity (Wildman–Crippen MR) is 131 cm³/mol. The van der Waals surface area contributed by atoms with E-state index >= 15 is 0 Å². The van der Waals surface area contributed by atoms with E-state index < -0.39 is 0 Å². The zero-order chi connectivity index (χ0) is 24.1. The second kappa shape index (κ2) is 10.8. The van der Waals surface area contributed by atoms with Crippen LogP contribution in [-0.4, -0.2) is 57.6 Å². The van der Waals surface area contributed by atoms with Gasteiger partial charge in [-0.2, -0.15) is 0 Å². The Morgan fingerprint density at radius 3 is 2.38 bits per heavy atom. The number of carbonyl (C=O) groups excluding carboxylic acids is 1. The smallest absolute Gasteiger partial charge is 0.233 e. The topological polar surface area (TPSA) is 89.5 Å². The van der Waals surface area contributed by atoms with Crippen molar-refractivity contribution in [2.24, 2.45) is 0 Å². The summed E-state index contributed by atoms with van der Waals surface area (Å²) in [7, 11) is 0. The van der Waals surface area contributed by atoms with Crippen molar-refractivity contribution in [3.05, 3.63) is 65.7 Å². The molecule has 1 fully saturated rings. The molecule has 2 aromatic carbocycles. The summed E-state index contributed by atoms with van der Waals surface area (Å²) in [6.45, 7) is 7.10. The van der Waals surface area contributed by atoms with Gasteiger partial charge >= 0.3 is 0 Å². The monoisotopic (exact) mass is 484 g/mol. The molecule has 3 aromatic rings. The molecule has 10 heteroatoms. The van der Waals surface area contributed by atoms with Crippen LogP contribution in [0.4, 0.5) is 10.1 Å². The van der Waals surface area contributed by atoms with Crippen LogP contribution in [-0.2, 0) is 11.4 Å². The summed E-state index contributed by atoms with van der Waals surface area (Å²) in [5, 5.41) is 8.67. The molecule has 0 aliphatic carbocycles. The third-order valence-corrected chi connectivity index (χ3v) is 6.73. The van der Waals surface area contributed by atoms with Crippen LogP contribution in [0.1, 0.15) is 31.2 Å². The molecule has 0 bridgehead atoms. The van der Waals surface area contributed by atoms with Gasteiger partial charge < -0.3 is 20.4 Å². The molecule has 0 saturated carbocycles. The number of thioether (sulfide) groups is 1. The number of benzene rings is 2. The van der Waals surface area contributed by atoms with Gasteiger partial charge in [-0.25, -0.2) is 9.07 Å². The van der Waals surface area contributed by atoms with Crippen molar-refractivity contribution in [2.45, 2.75) is 31.5 Å². The lowest BCUT2D eigenvalue weighted by molar-refractivity contribution is -0.128. The quantitative estimate of drug-likeness (QED) is 0.388. The molecule has 4 rings (SSSR count). The lowest BCUT2D eigenvalue weighted by Crippen LogP contribution is -2.49. The highest BCUT2D eigenvalue weighted by Gasteiger charge is 2.22. The Kier molecular flexibility index (Phi) is 7.56. The molecule has 34 heavy (non-hydrogen) atoms. The van der Waals surface area contributed by atoms with E-state index in [9.17, 15) is 9.18 Å². The van der Waals surface area contributed by atoms with Gasteiger partial charge in [-0.3, -0.25) is 4.79 Å². The number of amides is 1. The van der Waals surface area contributed by atoms with Crippen molar-refractivity contribution >= 4 is 23.4 Å². The maximum absolute atomic E-state index is 13.1. The third-order valence-electron chi connectivity index (χ3n) is 5.80. The summed E-state index contributed by atoms with van der Waals surface area (Å²) in [5.74, 6) is 7.79. The normalized spacial score (nSPS) is 14.0. The van der Waals surface area contributed by atoms with Crippen molar-refractivity contribution in [1.82, 2.24) is 19.8 Å². The molecule has 2 heterocycles. The van der Waals surface area contributed by atoms with Gasteiger partial charge in [0.05, 0.1) is 5.75 Å². The highest BCUT2D eigenvalue weighted by Crippen LogP contribution is 2.21. The number of hydrogen-bond donors (Lipinski definition) is 1. The number of rotatable bonds is 8. The summed E-state index contributed by atoms with van der Waals surface area (Å²) in [6, 6.07) is 14.4. The van der Waals surface area contributed by atoms with E-state index in [-0.39, 0.29) is 24.1 Å². The van der Waals surface area contributed by atoms with Crippen LogP contribution >= 0.6 is 11.8 Å². The Labute approximate surface area is 202 Å². The number of carbonyl (C=O) groups is 1. The fourth-order valence-corrected chi connectivity index (χ4v) is 4.46. The fraction of sp³-hybridized carbons (Fsp3) is 0.375. The fourth-order valence-electron chi connectivity index (χ4n) is 3.68. The molecule has 2 N–H and O–H groups in total. The zero-order valence-electron chi connectivity index (χ0n) is 19.4. The molecule has 0 spiro atoms. The number of nitrogens with two attached hydrogens (primary N) is 1. The number of halogens is 1. The first kappa shape index (κ1) is 23.9. The summed E-state index contributed by atoms with van der Waals surface area (Å²) < 4.78 is 20.3. The second-order valence-corrected chi connectivity index (χ2v) is 9.36. The Balaban J connectivity index is 1.24. The predicted octanol–water partition coefficient (Wildman–Crippen LogP) is 3.27. The first-order valence-electron chi connectivity index (χ1n) is 11.2. The number of nitrogen functional groups attached to an aromatic ring is 1. The van der Waals surface area contributed by atoms with Gasteiger partial charge in [-0.15, -0.1) is 10.2 Å². The van der Waals surface area contributed by atoms with Crippen LogP contribution in [0.5, 0.6) is 5.75 Å². The molecule has 0 unspecified atom stereocenters. The van der Waals surface area contributed by atoms with Crippen LogP contribution in [0.2, 0.25) is 0 Å². The summed E-state index contributed by atoms with van der Waals surface area (Å²) in [5.41, 5.74) is 2.21. The maximum atomic E-state index is 13.1. The lowest BCUT2D eigenvalue weighted by atomic mass is 10.0. The second-order valence-electron chi connectivity index (χ2n) is 8.41. The van der Waals surface area contributed by atoms with Crippen LogP contribution in [0.25, 0.3) is 0 Å². The van der Waals surface area contributed by atoms with Gasteiger partial charge in [0.15, 0.2) is 5.82 Å². The van der Waals surface area contributed by atoms with E-state index in [1.807, 2.05) is 29.2 Å². The van der Waals surface area contributed by atoms with Crippen LogP contribution in [0, 0.1) is 5.82 Å². The molecule has 1 aliphatic heterocycles. The average Bonchev–Trinajstić information content (AvgIpc) is 3.21. The van der Waals surface area contributed by atoms with Crippen molar-refractivity contribution in [3.8, 4) is 5.75 Å². The van der Waals surface area contributed by atoms with Crippen LogP contribution in [0.3, 0.4) is 0 Å². The Bertz CT molecular complexity index is 1100. The van der Waals surface area contributed by atoms with Gasteiger partial charge in [0.25, 0.3) is 0 Å². The van der Waals surface area contributed by atoms with E-state index in [1.54, 1.807) is 12.1 Å². The van der Waals surface area contributed by atoms with E-state index in [0.717, 1.165) is 11.4 Å². The van der Waals surface area contributed by atoms with E-state index in [0.29, 0.717) is 43.1 Å². The average molecular weight is 485 g/mol. The van der Waals surface area contributed by atoms with Crippen LogP contribution in [0.15, 0.2) is 53.7 Å². The van der Waals surface area contributed by atoms with Crippen molar-refractivity contribution in [2.75, 3.05) is 42.7 Å². The highest BCUT2D eigenvalue weighted by atomic mass is 32.2. The Hall–Kier alpha value is -3.27. The summed E-state index contributed by atoms with van der Waals surface area (Å²) >= 11 is 1.26. The molecule has 1 aliphatic rings. The minimum Gasteiger partial charge on any atom is -0.486 e. The van der Waals surface area contributed by atoms with Gasteiger partial charge in [0.1, 0.15) is 18.2 Å². The molecular weight excluding hydrogens is 455 g/mol. The minimum absolute atomic E-state index is 0.0230. The standard InChI is InChI=1S/C24H29FN6O2S/c1-17(2)18-3-9-21(10-4-18)33-15-22-27-28-24(31(22)26)34-16-23(32)30-13-11-29(12-14-30)20-7-5-19(25)6-8-20/h3-10,17H,11-16,26H2,1-2H3. The third kappa shape index (κ3) is 5.80. The number of nitrogens with zero attached hydrogens (tertiary/aromatic N) is 5. The molecule has 1 amide bonds. The molecule has 8 nitrogen and oxygen atoms in total. The van der Waals surface area contributed by atoms with E-state index in [1.165, 1.54) is 34.1 Å². The van der Waals surface area contributed by atoms with Crippen molar-refractivity contribution < 1.29 is 13.9 Å². The van der Waals surface area contributed by atoms with Crippen LogP contribution < -0.4 is 15.5 Å². The van der Waals surface area contributed by atoms with Gasteiger partial charge in [0, 0.05) is 31.9 Å². The van der Waals surface area contributed by atoms with Gasteiger partial charge in [-0.1, -0.05) is 37.7 Å². The Morgan fingerprint density at radius 2 is 1.74 bits per heavy atom. The van der Waals surface area contributed by atoms with Crippen molar-refractivity contribution in [1.29, 1.82) is 0 Å². The van der Waals surface area contributed by atoms with Crippen molar-refractivity contribution in [3.63, 3.8) is 0 Å². The molecule has 0 atom stereocenters. The summed E-state index contributed by atoms with van der Waals surface area (Å²) in [4.78, 5) is 16.7. The van der Waals surface area contributed by atoms with Gasteiger partial charge in [0.2, 0.25) is 11.1 Å². The molecule has 0 radical (unpaired) electrons. The molecule has 180 valence electrons.